The summed E-state index contributed by atoms with van der Waals surface area (Å²) in [6.45, 7) is 2.28. The van der Waals surface area contributed by atoms with Crippen molar-refractivity contribution >= 4 is 17.7 Å². The number of carbonyl (C=O) groups is 1. The van der Waals surface area contributed by atoms with E-state index in [0.717, 1.165) is 0 Å². The highest BCUT2D eigenvalue weighted by Gasteiger charge is 2.19. The minimum absolute atomic E-state index is 0.247. The summed E-state index contributed by atoms with van der Waals surface area (Å²) in [4.78, 5) is 12.1. The van der Waals surface area contributed by atoms with Crippen LogP contribution in [0.4, 0.5) is 4.39 Å². The topological polar surface area (TPSA) is 82.2 Å². The van der Waals surface area contributed by atoms with Crippen LogP contribution in [0.25, 0.3) is 0 Å². The molecule has 142 valence electrons. The lowest BCUT2D eigenvalue weighted by Crippen LogP contribution is -2.28. The number of nitrogens with one attached hydrogen (secondary N) is 1. The third-order valence-corrected chi connectivity index (χ3v) is 4.73. The molecule has 1 N–H and O–H groups in total. The van der Waals surface area contributed by atoms with E-state index < -0.39 is 0 Å². The molecular weight excluding hydrogens is 371 g/mol. The van der Waals surface area contributed by atoms with Gasteiger partial charge in [0.05, 0.1) is 18.9 Å². The molecule has 0 bridgehead atoms. The SMILES string of the molecule is CC(NC(=O)c1ccco1)c1nnc(SCCOc2ccc(F)cc2)n1C. The summed E-state index contributed by atoms with van der Waals surface area (Å²) < 4.78 is 25.3. The number of hydrogen-bond acceptors (Lipinski definition) is 6. The lowest BCUT2D eigenvalue weighted by Gasteiger charge is -2.12. The standard InChI is InChI=1S/C18H19FN4O3S/c1-12(20-17(24)15-4-3-9-26-15)16-21-22-18(23(16)2)27-11-10-25-14-7-5-13(19)6-8-14/h3-9,12H,10-11H2,1-2H3,(H,20,24). The maximum atomic E-state index is 12.9. The second kappa shape index (κ2) is 8.72. The highest BCUT2D eigenvalue weighted by Crippen LogP contribution is 2.20. The summed E-state index contributed by atoms with van der Waals surface area (Å²) in [6, 6.07) is 8.82. The van der Waals surface area contributed by atoms with Crippen molar-refractivity contribution in [3.8, 4) is 5.75 Å². The fraction of sp³-hybridized carbons (Fsp3) is 0.278. The van der Waals surface area contributed by atoms with E-state index in [1.165, 1.54) is 30.2 Å². The van der Waals surface area contributed by atoms with E-state index in [9.17, 15) is 9.18 Å². The number of ether oxygens (including phenoxy) is 1. The van der Waals surface area contributed by atoms with E-state index in [4.69, 9.17) is 9.15 Å². The molecule has 0 saturated heterocycles. The maximum absolute atomic E-state index is 12.9. The molecule has 9 heteroatoms. The molecule has 0 saturated carbocycles. The molecule has 3 aromatic rings. The first-order chi connectivity index (χ1) is 13.0. The number of furan rings is 1. The first-order valence-corrected chi connectivity index (χ1v) is 9.28. The summed E-state index contributed by atoms with van der Waals surface area (Å²) in [5.74, 6) is 1.54. The van der Waals surface area contributed by atoms with E-state index in [1.54, 1.807) is 24.3 Å². The quantitative estimate of drug-likeness (QED) is 0.470. The minimum atomic E-state index is -0.329. The van der Waals surface area contributed by atoms with E-state index in [-0.39, 0.29) is 23.5 Å². The molecule has 2 aromatic heterocycles. The van der Waals surface area contributed by atoms with Gasteiger partial charge in [0.2, 0.25) is 0 Å². The van der Waals surface area contributed by atoms with Crippen LogP contribution in [0, 0.1) is 5.82 Å². The molecule has 3 rings (SSSR count). The smallest absolute Gasteiger partial charge is 0.287 e. The first kappa shape index (κ1) is 19.0. The molecule has 1 atom stereocenters. The number of nitrogens with zero attached hydrogens (tertiary/aromatic N) is 3. The van der Waals surface area contributed by atoms with Crippen LogP contribution in [0.5, 0.6) is 5.75 Å². The molecule has 0 fully saturated rings. The van der Waals surface area contributed by atoms with Gasteiger partial charge in [-0.25, -0.2) is 4.39 Å². The minimum Gasteiger partial charge on any atom is -0.493 e. The Kier molecular flexibility index (Phi) is 6.12. The zero-order valence-electron chi connectivity index (χ0n) is 14.9. The van der Waals surface area contributed by atoms with Gasteiger partial charge in [0.25, 0.3) is 5.91 Å². The predicted molar refractivity (Wildman–Crippen MR) is 98.2 cm³/mol. The molecule has 0 aliphatic rings. The van der Waals surface area contributed by atoms with Gasteiger partial charge in [0.15, 0.2) is 16.7 Å². The number of amides is 1. The fourth-order valence-corrected chi connectivity index (χ4v) is 3.13. The molecule has 0 aliphatic carbocycles. The van der Waals surface area contributed by atoms with Gasteiger partial charge in [0, 0.05) is 12.8 Å². The highest BCUT2D eigenvalue weighted by atomic mass is 32.2. The molecule has 1 amide bonds. The van der Waals surface area contributed by atoms with Crippen LogP contribution in [0.3, 0.4) is 0 Å². The van der Waals surface area contributed by atoms with Crippen LogP contribution in [0.2, 0.25) is 0 Å². The Bertz CT molecular complexity index is 881. The van der Waals surface area contributed by atoms with Gasteiger partial charge in [-0.15, -0.1) is 10.2 Å². The largest absolute Gasteiger partial charge is 0.493 e. The van der Waals surface area contributed by atoms with E-state index in [2.05, 4.69) is 15.5 Å². The predicted octanol–water partition coefficient (Wildman–Crippen LogP) is 3.21. The summed E-state index contributed by atoms with van der Waals surface area (Å²) in [7, 11) is 1.84. The van der Waals surface area contributed by atoms with Crippen LogP contribution in [0.15, 0.2) is 52.2 Å². The lowest BCUT2D eigenvalue weighted by molar-refractivity contribution is 0.0909. The summed E-state index contributed by atoms with van der Waals surface area (Å²) in [5, 5.41) is 11.9. The zero-order valence-corrected chi connectivity index (χ0v) is 15.7. The average molecular weight is 390 g/mol. The summed E-state index contributed by atoms with van der Waals surface area (Å²) in [5.41, 5.74) is 0. The number of benzene rings is 1. The number of aromatic nitrogens is 3. The molecule has 27 heavy (non-hydrogen) atoms. The normalized spacial score (nSPS) is 12.0. The van der Waals surface area contributed by atoms with Gasteiger partial charge in [-0.1, -0.05) is 11.8 Å². The van der Waals surface area contributed by atoms with Gasteiger partial charge in [-0.3, -0.25) is 4.79 Å². The van der Waals surface area contributed by atoms with Crippen molar-refractivity contribution < 1.29 is 18.3 Å². The van der Waals surface area contributed by atoms with Gasteiger partial charge in [-0.05, 0) is 43.3 Å². The molecule has 0 spiro atoms. The van der Waals surface area contributed by atoms with Crippen molar-refractivity contribution in [2.45, 2.75) is 18.1 Å². The molecule has 1 aromatic carbocycles. The van der Waals surface area contributed by atoms with Crippen LogP contribution < -0.4 is 10.1 Å². The van der Waals surface area contributed by atoms with Crippen LogP contribution in [-0.4, -0.2) is 33.0 Å². The number of thioether (sulfide) groups is 1. The molecule has 0 radical (unpaired) electrons. The third-order valence-electron chi connectivity index (χ3n) is 3.75. The second-order valence-corrected chi connectivity index (χ2v) is 6.79. The van der Waals surface area contributed by atoms with Gasteiger partial charge >= 0.3 is 0 Å². The Balaban J connectivity index is 1.50. The summed E-state index contributed by atoms with van der Waals surface area (Å²) >= 11 is 1.48. The number of hydrogen-bond donors (Lipinski definition) is 1. The Labute approximate surface area is 159 Å². The average Bonchev–Trinajstić information content (AvgIpc) is 3.31. The van der Waals surface area contributed by atoms with Gasteiger partial charge in [0.1, 0.15) is 11.6 Å². The summed E-state index contributed by atoms with van der Waals surface area (Å²) in [6.07, 6.45) is 1.45. The van der Waals surface area contributed by atoms with E-state index in [0.29, 0.717) is 29.1 Å². The van der Waals surface area contributed by atoms with Crippen molar-refractivity contribution in [1.82, 2.24) is 20.1 Å². The second-order valence-electron chi connectivity index (χ2n) is 5.72. The van der Waals surface area contributed by atoms with Crippen LogP contribution in [-0.2, 0) is 7.05 Å². The Morgan fingerprint density at radius 2 is 2.11 bits per heavy atom. The molecule has 7 nitrogen and oxygen atoms in total. The van der Waals surface area contributed by atoms with Crippen molar-refractivity contribution in [3.05, 3.63) is 60.1 Å². The van der Waals surface area contributed by atoms with Crippen molar-refractivity contribution in [2.24, 2.45) is 7.05 Å². The van der Waals surface area contributed by atoms with Crippen molar-refractivity contribution in [2.75, 3.05) is 12.4 Å². The van der Waals surface area contributed by atoms with Gasteiger partial charge in [-0.2, -0.15) is 0 Å². The zero-order chi connectivity index (χ0) is 19.2. The third kappa shape index (κ3) is 4.88. The van der Waals surface area contributed by atoms with Crippen molar-refractivity contribution in [3.63, 3.8) is 0 Å². The molecule has 2 heterocycles. The number of halogens is 1. The molecule has 1 unspecified atom stereocenters. The Morgan fingerprint density at radius 3 is 2.81 bits per heavy atom. The lowest BCUT2D eigenvalue weighted by atomic mass is 10.3. The maximum Gasteiger partial charge on any atom is 0.287 e. The van der Waals surface area contributed by atoms with Crippen molar-refractivity contribution in [1.29, 1.82) is 0 Å². The molecular formula is C18H19FN4O3S. The van der Waals surface area contributed by atoms with E-state index >= 15 is 0 Å². The number of carbonyl (C=O) groups excluding carboxylic acids is 1. The number of rotatable bonds is 8. The molecule has 0 aliphatic heterocycles. The monoisotopic (exact) mass is 390 g/mol. The van der Waals surface area contributed by atoms with Crippen LogP contribution in [0.1, 0.15) is 29.3 Å². The highest BCUT2D eigenvalue weighted by molar-refractivity contribution is 7.99. The van der Waals surface area contributed by atoms with E-state index in [1.807, 2.05) is 18.5 Å². The fourth-order valence-electron chi connectivity index (χ4n) is 2.39. The van der Waals surface area contributed by atoms with Crippen LogP contribution >= 0.6 is 11.8 Å². The Morgan fingerprint density at radius 1 is 1.33 bits per heavy atom. The Hall–Kier alpha value is -2.81. The van der Waals surface area contributed by atoms with Gasteiger partial charge < -0.3 is 19.0 Å². The first-order valence-electron chi connectivity index (χ1n) is 8.29.